The van der Waals surface area contributed by atoms with Crippen LogP contribution in [-0.4, -0.2) is 86.4 Å². The van der Waals surface area contributed by atoms with Crippen molar-refractivity contribution in [2.45, 2.75) is 0 Å². The Labute approximate surface area is 161 Å². The van der Waals surface area contributed by atoms with Crippen molar-refractivity contribution in [2.24, 2.45) is 0 Å². The Kier molecular flexibility index (Phi) is 15.7. The van der Waals surface area contributed by atoms with E-state index in [1.807, 2.05) is 18.2 Å². The minimum absolute atomic E-state index is 0.453. The topological polar surface area (TPSA) is 90.6 Å². The van der Waals surface area contributed by atoms with E-state index in [0.717, 1.165) is 0 Å². The molecule has 0 heterocycles. The van der Waals surface area contributed by atoms with Crippen molar-refractivity contribution in [2.75, 3.05) is 92.1 Å². The Morgan fingerprint density at radius 3 is 1.44 bits per heavy atom. The summed E-state index contributed by atoms with van der Waals surface area (Å²) in [5, 5.41) is 0. The Morgan fingerprint density at radius 1 is 0.593 bits per heavy atom. The van der Waals surface area contributed by atoms with Gasteiger partial charge in [-0.05, 0) is 12.1 Å². The number of rotatable bonds is 19. The molecule has 0 aromatic heterocycles. The Balaban J connectivity index is 1.73. The van der Waals surface area contributed by atoms with E-state index in [9.17, 15) is 0 Å². The number of nitrogens with two attached hydrogens (primary N) is 1. The van der Waals surface area contributed by atoms with Crippen LogP contribution in [0.15, 0.2) is 24.3 Å². The monoisotopic (exact) mass is 387 g/mol. The molecular formula is C19H33NO7. The van der Waals surface area contributed by atoms with E-state index in [1.165, 1.54) is 0 Å². The number of ether oxygens (including phenoxy) is 7. The minimum Gasteiger partial charge on any atom is -0.489 e. The molecule has 27 heavy (non-hydrogen) atoms. The highest BCUT2D eigenvalue weighted by atomic mass is 16.6. The van der Waals surface area contributed by atoms with E-state index in [4.69, 9.17) is 38.9 Å². The molecule has 0 atom stereocenters. The molecule has 156 valence electrons. The lowest BCUT2D eigenvalue weighted by atomic mass is 10.3. The second kappa shape index (κ2) is 18.0. The van der Waals surface area contributed by atoms with Crippen molar-refractivity contribution in [3.63, 3.8) is 0 Å². The van der Waals surface area contributed by atoms with Crippen molar-refractivity contribution >= 4 is 5.69 Å². The first-order valence-corrected chi connectivity index (χ1v) is 9.19. The summed E-state index contributed by atoms with van der Waals surface area (Å²) in [4.78, 5) is 0. The van der Waals surface area contributed by atoms with Gasteiger partial charge in [0.15, 0.2) is 0 Å². The zero-order chi connectivity index (χ0) is 19.4. The molecule has 0 radical (unpaired) electrons. The molecule has 0 fully saturated rings. The molecule has 0 unspecified atom stereocenters. The predicted octanol–water partition coefficient (Wildman–Crippen LogP) is 1.38. The zero-order valence-corrected chi connectivity index (χ0v) is 16.2. The van der Waals surface area contributed by atoms with Crippen LogP contribution in [0, 0.1) is 0 Å². The molecule has 0 bridgehead atoms. The van der Waals surface area contributed by atoms with Crippen LogP contribution in [0.3, 0.4) is 0 Å². The maximum Gasteiger partial charge on any atom is 0.142 e. The van der Waals surface area contributed by atoms with Crippen molar-refractivity contribution in [3.05, 3.63) is 24.3 Å². The standard InChI is InChI=1S/C19H33NO7/c1-21-6-7-22-8-9-23-10-11-24-12-13-25-14-15-26-16-17-27-19-5-3-2-4-18(19)20/h2-5H,6-17,20H2,1H3. The first-order valence-electron chi connectivity index (χ1n) is 9.19. The Morgan fingerprint density at radius 2 is 1.00 bits per heavy atom. The quantitative estimate of drug-likeness (QED) is 0.281. The summed E-state index contributed by atoms with van der Waals surface area (Å²) in [6.45, 7) is 6.43. The summed E-state index contributed by atoms with van der Waals surface area (Å²) in [5.74, 6) is 0.678. The lowest BCUT2D eigenvalue weighted by Crippen LogP contribution is -2.14. The number of para-hydroxylation sites is 2. The molecule has 8 heteroatoms. The fraction of sp³-hybridized carbons (Fsp3) is 0.684. The third-order valence-corrected chi connectivity index (χ3v) is 3.32. The van der Waals surface area contributed by atoms with Gasteiger partial charge in [0.1, 0.15) is 12.4 Å². The number of anilines is 1. The van der Waals surface area contributed by atoms with Crippen molar-refractivity contribution < 1.29 is 33.2 Å². The maximum absolute atomic E-state index is 5.78. The van der Waals surface area contributed by atoms with Gasteiger partial charge in [-0.25, -0.2) is 0 Å². The van der Waals surface area contributed by atoms with Crippen LogP contribution < -0.4 is 10.5 Å². The summed E-state index contributed by atoms with van der Waals surface area (Å²) >= 11 is 0. The van der Waals surface area contributed by atoms with Crippen molar-refractivity contribution in [1.82, 2.24) is 0 Å². The highest BCUT2D eigenvalue weighted by Crippen LogP contribution is 2.19. The lowest BCUT2D eigenvalue weighted by Gasteiger charge is -2.09. The van der Waals surface area contributed by atoms with Gasteiger partial charge in [-0.1, -0.05) is 12.1 Å². The number of nitrogen functional groups attached to an aromatic ring is 1. The van der Waals surface area contributed by atoms with Gasteiger partial charge in [-0.15, -0.1) is 0 Å². The van der Waals surface area contributed by atoms with Gasteiger partial charge in [0.25, 0.3) is 0 Å². The summed E-state index contributed by atoms with van der Waals surface area (Å²) in [5.41, 5.74) is 6.41. The highest BCUT2D eigenvalue weighted by Gasteiger charge is 1.98. The molecule has 0 aliphatic rings. The second-order valence-corrected chi connectivity index (χ2v) is 5.44. The molecule has 1 rings (SSSR count). The van der Waals surface area contributed by atoms with Gasteiger partial charge in [0.05, 0.1) is 78.4 Å². The van der Waals surface area contributed by atoms with Gasteiger partial charge in [-0.2, -0.15) is 0 Å². The van der Waals surface area contributed by atoms with Crippen molar-refractivity contribution in [1.29, 1.82) is 0 Å². The van der Waals surface area contributed by atoms with Gasteiger partial charge < -0.3 is 38.9 Å². The molecule has 0 aliphatic carbocycles. The third kappa shape index (κ3) is 14.3. The SMILES string of the molecule is COCCOCCOCCOCCOCCOCCOc1ccccc1N. The normalized spacial score (nSPS) is 11.0. The largest absolute Gasteiger partial charge is 0.489 e. The summed E-state index contributed by atoms with van der Waals surface area (Å²) in [7, 11) is 1.65. The highest BCUT2D eigenvalue weighted by molar-refractivity contribution is 5.51. The first kappa shape index (κ1) is 23.6. The summed E-state index contributed by atoms with van der Waals surface area (Å²) < 4.78 is 37.3. The van der Waals surface area contributed by atoms with Crippen LogP contribution in [0.25, 0.3) is 0 Å². The van der Waals surface area contributed by atoms with Gasteiger partial charge in [0.2, 0.25) is 0 Å². The number of methoxy groups -OCH3 is 1. The molecule has 0 saturated heterocycles. The van der Waals surface area contributed by atoms with Gasteiger partial charge in [0, 0.05) is 7.11 Å². The third-order valence-electron chi connectivity index (χ3n) is 3.32. The number of hydrogen-bond acceptors (Lipinski definition) is 8. The molecular weight excluding hydrogens is 354 g/mol. The van der Waals surface area contributed by atoms with Crippen LogP contribution in [0.1, 0.15) is 0 Å². The molecule has 2 N–H and O–H groups in total. The number of benzene rings is 1. The molecule has 1 aromatic carbocycles. The fourth-order valence-corrected chi connectivity index (χ4v) is 1.95. The zero-order valence-electron chi connectivity index (χ0n) is 16.2. The van der Waals surface area contributed by atoms with Crippen LogP contribution in [0.5, 0.6) is 5.75 Å². The van der Waals surface area contributed by atoms with E-state index in [0.29, 0.717) is 90.7 Å². The van der Waals surface area contributed by atoms with Crippen LogP contribution in [0.2, 0.25) is 0 Å². The van der Waals surface area contributed by atoms with E-state index < -0.39 is 0 Å². The van der Waals surface area contributed by atoms with E-state index in [2.05, 4.69) is 0 Å². The molecule has 0 amide bonds. The Hall–Kier alpha value is -1.42. The minimum atomic E-state index is 0.453. The maximum atomic E-state index is 5.78. The fourth-order valence-electron chi connectivity index (χ4n) is 1.95. The van der Waals surface area contributed by atoms with E-state index in [-0.39, 0.29) is 0 Å². The van der Waals surface area contributed by atoms with E-state index in [1.54, 1.807) is 13.2 Å². The molecule has 1 aromatic rings. The van der Waals surface area contributed by atoms with Gasteiger partial charge >= 0.3 is 0 Å². The lowest BCUT2D eigenvalue weighted by molar-refractivity contribution is -0.0159. The second-order valence-electron chi connectivity index (χ2n) is 5.44. The van der Waals surface area contributed by atoms with Crippen LogP contribution >= 0.6 is 0 Å². The first-order chi connectivity index (χ1) is 13.3. The number of hydrogen-bond donors (Lipinski definition) is 1. The van der Waals surface area contributed by atoms with Crippen molar-refractivity contribution in [3.8, 4) is 5.75 Å². The molecule has 0 spiro atoms. The summed E-state index contributed by atoms with van der Waals surface area (Å²) in [6, 6.07) is 7.39. The van der Waals surface area contributed by atoms with Gasteiger partial charge in [-0.3, -0.25) is 0 Å². The van der Waals surface area contributed by atoms with E-state index >= 15 is 0 Å². The summed E-state index contributed by atoms with van der Waals surface area (Å²) in [6.07, 6.45) is 0. The smallest absolute Gasteiger partial charge is 0.142 e. The molecule has 0 saturated carbocycles. The molecule has 0 aliphatic heterocycles. The average Bonchev–Trinajstić information content (AvgIpc) is 2.68. The molecule has 8 nitrogen and oxygen atoms in total. The predicted molar refractivity (Wildman–Crippen MR) is 102 cm³/mol. The van der Waals surface area contributed by atoms with Crippen LogP contribution in [0.4, 0.5) is 5.69 Å². The average molecular weight is 387 g/mol. The Bertz CT molecular complexity index is 448. The van der Waals surface area contributed by atoms with Crippen LogP contribution in [-0.2, 0) is 28.4 Å².